The van der Waals surface area contributed by atoms with Gasteiger partial charge in [-0.05, 0) is 49.3 Å². The first-order valence-corrected chi connectivity index (χ1v) is 8.45. The zero-order valence-electron chi connectivity index (χ0n) is 13.3. The Morgan fingerprint density at radius 2 is 2.04 bits per heavy atom. The van der Waals surface area contributed by atoms with Crippen LogP contribution in [-0.2, 0) is 0 Å². The van der Waals surface area contributed by atoms with Crippen LogP contribution in [0.4, 0.5) is 15.9 Å². The summed E-state index contributed by atoms with van der Waals surface area (Å²) >= 11 is 5.02. The van der Waals surface area contributed by atoms with Crippen molar-refractivity contribution >= 4 is 40.7 Å². The van der Waals surface area contributed by atoms with Crippen molar-refractivity contribution in [2.75, 3.05) is 23.3 Å². The lowest BCUT2D eigenvalue weighted by Crippen LogP contribution is -2.19. The number of fused-ring (bicyclic) bond motifs is 1. The summed E-state index contributed by atoms with van der Waals surface area (Å²) in [4.78, 5) is 24.8. The summed E-state index contributed by atoms with van der Waals surface area (Å²) in [5.74, 6) is -0.0331. The number of aromatic amines is 2. The maximum atomic E-state index is 13.8. The Labute approximate surface area is 148 Å². The molecule has 1 aliphatic rings. The lowest BCUT2D eigenvalue weighted by atomic mass is 10.1. The highest BCUT2D eigenvalue weighted by Gasteiger charge is 2.16. The van der Waals surface area contributed by atoms with Crippen molar-refractivity contribution in [2.24, 2.45) is 0 Å². The van der Waals surface area contributed by atoms with Crippen molar-refractivity contribution in [3.8, 4) is 0 Å². The minimum absolute atomic E-state index is 0.186. The van der Waals surface area contributed by atoms with Crippen LogP contribution in [0.3, 0.4) is 0 Å². The van der Waals surface area contributed by atoms with Gasteiger partial charge in [-0.3, -0.25) is 4.79 Å². The van der Waals surface area contributed by atoms with Crippen LogP contribution < -0.4 is 10.2 Å². The average Bonchev–Trinajstić information content (AvgIpc) is 3.23. The zero-order chi connectivity index (χ0) is 17.4. The number of pyridine rings is 1. The summed E-state index contributed by atoms with van der Waals surface area (Å²) in [6, 6.07) is 6.16. The van der Waals surface area contributed by atoms with E-state index in [1.54, 1.807) is 12.3 Å². The molecule has 0 unspecified atom stereocenters. The molecule has 0 radical (unpaired) electrons. The van der Waals surface area contributed by atoms with Gasteiger partial charge >= 0.3 is 0 Å². The summed E-state index contributed by atoms with van der Waals surface area (Å²) in [6.07, 6.45) is 3.96. The van der Waals surface area contributed by atoms with E-state index in [9.17, 15) is 9.18 Å². The third-order valence-corrected chi connectivity index (χ3v) is 4.47. The average molecular weight is 357 g/mol. The minimum atomic E-state index is -0.509. The number of aromatic nitrogens is 3. The molecule has 3 heterocycles. The van der Waals surface area contributed by atoms with Crippen LogP contribution in [0.2, 0.25) is 0 Å². The summed E-state index contributed by atoms with van der Waals surface area (Å²) in [6.45, 7) is 2.01. The van der Waals surface area contributed by atoms with Gasteiger partial charge < -0.3 is 20.2 Å². The van der Waals surface area contributed by atoms with Crippen molar-refractivity contribution in [3.63, 3.8) is 0 Å². The number of carbonyl (C=O) groups is 1. The van der Waals surface area contributed by atoms with Crippen LogP contribution >= 0.6 is 12.2 Å². The second-order valence-electron chi connectivity index (χ2n) is 6.01. The number of anilines is 2. The van der Waals surface area contributed by atoms with Crippen molar-refractivity contribution in [2.45, 2.75) is 12.8 Å². The molecular weight excluding hydrogens is 341 g/mol. The summed E-state index contributed by atoms with van der Waals surface area (Å²) in [5.41, 5.74) is 1.67. The Balaban J connectivity index is 1.58. The molecule has 1 amide bonds. The largest absolute Gasteiger partial charge is 0.357 e. The van der Waals surface area contributed by atoms with Gasteiger partial charge in [-0.2, -0.15) is 0 Å². The number of benzene rings is 1. The van der Waals surface area contributed by atoms with E-state index in [2.05, 4.69) is 25.2 Å². The second kappa shape index (κ2) is 6.29. The number of nitrogens with one attached hydrogen (secondary N) is 3. The van der Waals surface area contributed by atoms with Crippen LogP contribution in [0.15, 0.2) is 30.5 Å². The third-order valence-electron chi connectivity index (χ3n) is 4.27. The first-order chi connectivity index (χ1) is 12.1. The number of carbonyl (C=O) groups excluding carboxylic acids is 1. The lowest BCUT2D eigenvalue weighted by molar-refractivity contribution is 0.102. The first-order valence-electron chi connectivity index (χ1n) is 8.04. The molecular formula is C17H16FN5OS. The maximum Gasteiger partial charge on any atom is 0.258 e. The van der Waals surface area contributed by atoms with E-state index in [1.165, 1.54) is 25.0 Å². The molecule has 4 rings (SSSR count). The number of halogens is 1. The zero-order valence-corrected chi connectivity index (χ0v) is 14.1. The Hall–Kier alpha value is -2.74. The van der Waals surface area contributed by atoms with Gasteiger partial charge in [-0.1, -0.05) is 0 Å². The van der Waals surface area contributed by atoms with Crippen LogP contribution in [0, 0.1) is 10.6 Å². The van der Waals surface area contributed by atoms with Crippen molar-refractivity contribution < 1.29 is 9.18 Å². The van der Waals surface area contributed by atoms with Crippen molar-refractivity contribution in [3.05, 3.63) is 46.6 Å². The molecule has 3 N–H and O–H groups in total. The molecule has 0 aliphatic carbocycles. The highest BCUT2D eigenvalue weighted by Crippen LogP contribution is 2.21. The van der Waals surface area contributed by atoms with Crippen LogP contribution in [0.5, 0.6) is 0 Å². The molecule has 8 heteroatoms. The highest BCUT2D eigenvalue weighted by molar-refractivity contribution is 7.71. The van der Waals surface area contributed by atoms with Gasteiger partial charge in [0, 0.05) is 13.1 Å². The number of amides is 1. The maximum absolute atomic E-state index is 13.8. The van der Waals surface area contributed by atoms with Crippen LogP contribution in [0.25, 0.3) is 11.0 Å². The molecule has 128 valence electrons. The van der Waals surface area contributed by atoms with Crippen LogP contribution in [0.1, 0.15) is 23.2 Å². The molecule has 0 saturated carbocycles. The number of nitrogens with zero attached hydrogens (tertiary/aromatic N) is 2. The molecule has 6 nitrogen and oxygen atoms in total. The lowest BCUT2D eigenvalue weighted by Gasteiger charge is -2.16. The number of hydrogen-bond acceptors (Lipinski definition) is 4. The predicted molar refractivity (Wildman–Crippen MR) is 97.1 cm³/mol. The van der Waals surface area contributed by atoms with Gasteiger partial charge in [0.2, 0.25) is 0 Å². The summed E-state index contributed by atoms with van der Waals surface area (Å²) in [5, 5.41) is 2.75. The van der Waals surface area contributed by atoms with E-state index in [-0.39, 0.29) is 5.56 Å². The monoisotopic (exact) mass is 357 g/mol. The number of imidazole rings is 1. The second-order valence-corrected chi connectivity index (χ2v) is 6.42. The standard InChI is InChI=1S/C17H16FN5OS/c18-10-7-12(15-13(8-10)21-17(25)22-15)16(24)20-11-3-4-14(19-9-11)23-5-1-2-6-23/h3-4,7-9H,1-2,5-6H2,(H,20,24)(H2,21,22,25). The third kappa shape index (κ3) is 3.12. The Bertz CT molecular complexity index is 988. The molecule has 1 aliphatic heterocycles. The molecule has 1 fully saturated rings. The highest BCUT2D eigenvalue weighted by atomic mass is 32.1. The van der Waals surface area contributed by atoms with E-state index in [0.717, 1.165) is 18.9 Å². The summed E-state index contributed by atoms with van der Waals surface area (Å²) in [7, 11) is 0. The SMILES string of the molecule is O=C(Nc1ccc(N2CCCC2)nc1)c1cc(F)cc2[nH]c(=S)[nH]c12. The molecule has 0 atom stereocenters. The molecule has 0 bridgehead atoms. The molecule has 2 aromatic heterocycles. The Morgan fingerprint density at radius 3 is 2.76 bits per heavy atom. The molecule has 1 aromatic carbocycles. The smallest absolute Gasteiger partial charge is 0.258 e. The van der Waals surface area contributed by atoms with E-state index < -0.39 is 11.7 Å². The van der Waals surface area contributed by atoms with Gasteiger partial charge in [0.05, 0.1) is 28.5 Å². The predicted octanol–water partition coefficient (Wildman–Crippen LogP) is 3.61. The summed E-state index contributed by atoms with van der Waals surface area (Å²) < 4.78 is 14.1. The van der Waals surface area contributed by atoms with E-state index in [4.69, 9.17) is 12.2 Å². The topological polar surface area (TPSA) is 76.8 Å². The minimum Gasteiger partial charge on any atom is -0.357 e. The van der Waals surface area contributed by atoms with Gasteiger partial charge in [0.15, 0.2) is 4.77 Å². The van der Waals surface area contributed by atoms with Gasteiger partial charge in [0.25, 0.3) is 5.91 Å². The van der Waals surface area contributed by atoms with Crippen molar-refractivity contribution in [1.82, 2.24) is 15.0 Å². The normalized spacial score (nSPS) is 14.2. The number of H-pyrrole nitrogens is 2. The molecule has 1 saturated heterocycles. The number of hydrogen-bond donors (Lipinski definition) is 3. The van der Waals surface area contributed by atoms with Crippen LogP contribution in [-0.4, -0.2) is 33.9 Å². The number of rotatable bonds is 3. The fraction of sp³-hybridized carbons (Fsp3) is 0.235. The van der Waals surface area contributed by atoms with Gasteiger partial charge in [0.1, 0.15) is 11.6 Å². The van der Waals surface area contributed by atoms with Crippen molar-refractivity contribution in [1.29, 1.82) is 0 Å². The van der Waals surface area contributed by atoms with E-state index in [0.29, 0.717) is 21.5 Å². The Kier molecular flexibility index (Phi) is 3.96. The molecule has 25 heavy (non-hydrogen) atoms. The fourth-order valence-electron chi connectivity index (χ4n) is 3.08. The quantitative estimate of drug-likeness (QED) is 0.626. The Morgan fingerprint density at radius 1 is 1.24 bits per heavy atom. The van der Waals surface area contributed by atoms with E-state index >= 15 is 0 Å². The van der Waals surface area contributed by atoms with E-state index in [1.807, 2.05) is 6.07 Å². The van der Waals surface area contributed by atoms with Gasteiger partial charge in [-0.15, -0.1) is 0 Å². The first kappa shape index (κ1) is 15.8. The van der Waals surface area contributed by atoms with Gasteiger partial charge in [-0.25, -0.2) is 9.37 Å². The fourth-order valence-corrected chi connectivity index (χ4v) is 3.29. The molecule has 0 spiro atoms. The molecule has 3 aromatic rings.